The van der Waals surface area contributed by atoms with Gasteiger partial charge >= 0.3 is 0 Å². The van der Waals surface area contributed by atoms with Crippen LogP contribution in [0.3, 0.4) is 0 Å². The van der Waals surface area contributed by atoms with E-state index in [0.29, 0.717) is 0 Å². The number of nitrogens with zero attached hydrogens (tertiary/aromatic N) is 2. The number of aromatic nitrogens is 2. The number of nitrogens with one attached hydrogen (secondary N) is 1. The van der Waals surface area contributed by atoms with Crippen LogP contribution >= 0.6 is 11.3 Å². The van der Waals surface area contributed by atoms with Crippen molar-refractivity contribution in [2.75, 3.05) is 11.9 Å². The van der Waals surface area contributed by atoms with E-state index in [-0.39, 0.29) is 0 Å². The number of rotatable bonds is 4. The van der Waals surface area contributed by atoms with Crippen molar-refractivity contribution in [2.45, 2.75) is 13.3 Å². The van der Waals surface area contributed by atoms with Crippen molar-refractivity contribution >= 4 is 27.9 Å². The summed E-state index contributed by atoms with van der Waals surface area (Å²) in [4.78, 5) is 8.84. The van der Waals surface area contributed by atoms with Gasteiger partial charge in [0.05, 0.1) is 10.5 Å². The second-order valence-corrected chi connectivity index (χ2v) is 5.41. The summed E-state index contributed by atoms with van der Waals surface area (Å²) in [5, 5.41) is 7.85. The van der Waals surface area contributed by atoms with Crippen molar-refractivity contribution in [1.82, 2.24) is 9.97 Å². The van der Waals surface area contributed by atoms with Crippen molar-refractivity contribution in [2.24, 2.45) is 0 Å². The number of anilines is 1. The molecular weight excluding hydrogens is 254 g/mol. The molecule has 2 aromatic heterocycles. The molecule has 0 radical (unpaired) electrons. The predicted molar refractivity (Wildman–Crippen MR) is 80.8 cm³/mol. The van der Waals surface area contributed by atoms with Crippen molar-refractivity contribution in [3.05, 3.63) is 52.6 Å². The fourth-order valence-corrected chi connectivity index (χ4v) is 2.76. The van der Waals surface area contributed by atoms with Gasteiger partial charge in [-0.2, -0.15) is 0 Å². The third-order valence-corrected chi connectivity index (χ3v) is 3.82. The van der Waals surface area contributed by atoms with Gasteiger partial charge in [0.1, 0.15) is 0 Å². The molecule has 0 bridgehead atoms. The molecule has 3 nitrogen and oxygen atoms in total. The van der Waals surface area contributed by atoms with Gasteiger partial charge in [-0.15, -0.1) is 11.3 Å². The molecule has 3 aromatic rings. The number of pyridine rings is 1. The molecule has 0 amide bonds. The summed E-state index contributed by atoms with van der Waals surface area (Å²) in [5.74, 6) is 0. The Labute approximate surface area is 116 Å². The largest absolute Gasteiger partial charge is 0.384 e. The van der Waals surface area contributed by atoms with E-state index >= 15 is 0 Å². The van der Waals surface area contributed by atoms with Crippen LogP contribution in [0.15, 0.2) is 41.9 Å². The molecular formula is C15H15N3S. The minimum absolute atomic E-state index is 0.890. The number of hydrogen-bond acceptors (Lipinski definition) is 4. The molecule has 0 fully saturated rings. The summed E-state index contributed by atoms with van der Waals surface area (Å²) in [5.41, 5.74) is 3.23. The summed E-state index contributed by atoms with van der Waals surface area (Å²) >= 11 is 1.70. The Morgan fingerprint density at radius 3 is 3.00 bits per heavy atom. The molecule has 0 atom stereocenters. The Balaban J connectivity index is 1.80. The van der Waals surface area contributed by atoms with Gasteiger partial charge in [0, 0.05) is 41.3 Å². The van der Waals surface area contributed by atoms with Crippen molar-refractivity contribution in [3.8, 4) is 0 Å². The quantitative estimate of drug-likeness (QED) is 0.785. The minimum atomic E-state index is 0.890. The molecule has 1 aromatic carbocycles. The summed E-state index contributed by atoms with van der Waals surface area (Å²) in [7, 11) is 0. The van der Waals surface area contributed by atoms with Crippen molar-refractivity contribution in [3.63, 3.8) is 0 Å². The van der Waals surface area contributed by atoms with Crippen LogP contribution in [-0.4, -0.2) is 16.5 Å². The lowest BCUT2D eigenvalue weighted by Crippen LogP contribution is -2.05. The number of fused-ring (bicyclic) bond motifs is 1. The first kappa shape index (κ1) is 12.1. The number of hydrogen-bond donors (Lipinski definition) is 1. The maximum Gasteiger partial charge on any atom is 0.0942 e. The summed E-state index contributed by atoms with van der Waals surface area (Å²) < 4.78 is 0. The fourth-order valence-electron chi connectivity index (χ4n) is 2.13. The highest BCUT2D eigenvalue weighted by Gasteiger charge is 2.03. The number of aryl methyl sites for hydroxylation is 1. The predicted octanol–water partition coefficient (Wildman–Crippen LogP) is 3.65. The molecule has 0 aliphatic carbocycles. The maximum atomic E-state index is 4.54. The van der Waals surface area contributed by atoms with Gasteiger partial charge in [-0.1, -0.05) is 18.2 Å². The van der Waals surface area contributed by atoms with E-state index in [1.54, 1.807) is 11.3 Å². The SMILES string of the molecule is Cc1cc(NCCc2nccs2)c2ccccc2n1. The van der Waals surface area contributed by atoms with Gasteiger partial charge in [-0.3, -0.25) is 4.98 Å². The molecule has 96 valence electrons. The van der Waals surface area contributed by atoms with E-state index in [1.165, 1.54) is 10.4 Å². The zero-order chi connectivity index (χ0) is 13.1. The number of thiazole rings is 1. The van der Waals surface area contributed by atoms with Crippen LogP contribution in [0.25, 0.3) is 10.9 Å². The molecule has 4 heteroatoms. The highest BCUT2D eigenvalue weighted by molar-refractivity contribution is 7.09. The molecule has 0 aliphatic rings. The lowest BCUT2D eigenvalue weighted by Gasteiger charge is -2.10. The Bertz CT molecular complexity index is 677. The standard InChI is InChI=1S/C15H15N3S/c1-11-10-14(12-4-2-3-5-13(12)18-11)16-7-6-15-17-8-9-19-15/h2-5,8-10H,6-7H2,1H3,(H,16,18). The van der Waals surface area contributed by atoms with Gasteiger partial charge in [-0.25, -0.2) is 4.98 Å². The van der Waals surface area contributed by atoms with E-state index in [0.717, 1.165) is 29.9 Å². The zero-order valence-electron chi connectivity index (χ0n) is 10.8. The summed E-state index contributed by atoms with van der Waals surface area (Å²) in [6.07, 6.45) is 2.80. The molecule has 0 unspecified atom stereocenters. The van der Waals surface area contributed by atoms with Gasteiger partial charge in [0.25, 0.3) is 0 Å². The zero-order valence-corrected chi connectivity index (χ0v) is 11.6. The smallest absolute Gasteiger partial charge is 0.0942 e. The minimum Gasteiger partial charge on any atom is -0.384 e. The van der Waals surface area contributed by atoms with Gasteiger partial charge < -0.3 is 5.32 Å². The molecule has 3 rings (SSSR count). The van der Waals surface area contributed by atoms with Crippen LogP contribution in [-0.2, 0) is 6.42 Å². The summed E-state index contributed by atoms with van der Waals surface area (Å²) in [6, 6.07) is 10.3. The molecule has 0 spiro atoms. The van der Waals surface area contributed by atoms with E-state index in [4.69, 9.17) is 0 Å². The lowest BCUT2D eigenvalue weighted by atomic mass is 10.1. The van der Waals surface area contributed by atoms with E-state index in [1.807, 2.05) is 36.7 Å². The van der Waals surface area contributed by atoms with Gasteiger partial charge in [0.2, 0.25) is 0 Å². The molecule has 19 heavy (non-hydrogen) atoms. The summed E-state index contributed by atoms with van der Waals surface area (Å²) in [6.45, 7) is 2.92. The van der Waals surface area contributed by atoms with Crippen LogP contribution in [0.4, 0.5) is 5.69 Å². The molecule has 0 aliphatic heterocycles. The monoisotopic (exact) mass is 269 g/mol. The second kappa shape index (κ2) is 5.36. The molecule has 2 heterocycles. The number of benzene rings is 1. The molecule has 1 N–H and O–H groups in total. The van der Waals surface area contributed by atoms with Crippen molar-refractivity contribution < 1.29 is 0 Å². The van der Waals surface area contributed by atoms with Gasteiger partial charge in [0.15, 0.2) is 0 Å². The normalized spacial score (nSPS) is 10.8. The lowest BCUT2D eigenvalue weighted by molar-refractivity contribution is 0.998. The second-order valence-electron chi connectivity index (χ2n) is 4.43. The Morgan fingerprint density at radius 2 is 2.16 bits per heavy atom. The Kier molecular flexibility index (Phi) is 3.42. The van der Waals surface area contributed by atoms with Crippen LogP contribution < -0.4 is 5.32 Å². The average molecular weight is 269 g/mol. The Hall–Kier alpha value is -1.94. The maximum absolute atomic E-state index is 4.54. The van der Waals surface area contributed by atoms with Crippen LogP contribution in [0.1, 0.15) is 10.7 Å². The third kappa shape index (κ3) is 2.74. The first-order chi connectivity index (χ1) is 9.33. The van der Waals surface area contributed by atoms with Crippen molar-refractivity contribution in [1.29, 1.82) is 0 Å². The topological polar surface area (TPSA) is 37.8 Å². The van der Waals surface area contributed by atoms with Crippen LogP contribution in [0.2, 0.25) is 0 Å². The number of para-hydroxylation sites is 1. The average Bonchev–Trinajstić information content (AvgIpc) is 2.91. The highest BCUT2D eigenvalue weighted by Crippen LogP contribution is 2.22. The van der Waals surface area contributed by atoms with E-state index in [9.17, 15) is 0 Å². The Morgan fingerprint density at radius 1 is 1.26 bits per heavy atom. The molecule has 0 saturated carbocycles. The van der Waals surface area contributed by atoms with Gasteiger partial charge in [-0.05, 0) is 19.1 Å². The first-order valence-electron chi connectivity index (χ1n) is 6.31. The van der Waals surface area contributed by atoms with E-state index in [2.05, 4.69) is 27.4 Å². The van der Waals surface area contributed by atoms with Crippen LogP contribution in [0, 0.1) is 6.92 Å². The van der Waals surface area contributed by atoms with E-state index < -0.39 is 0 Å². The fraction of sp³-hybridized carbons (Fsp3) is 0.200. The first-order valence-corrected chi connectivity index (χ1v) is 7.19. The third-order valence-electron chi connectivity index (χ3n) is 2.98. The van der Waals surface area contributed by atoms with Crippen LogP contribution in [0.5, 0.6) is 0 Å². The molecule has 0 saturated heterocycles. The highest BCUT2D eigenvalue weighted by atomic mass is 32.1.